The third kappa shape index (κ3) is 3.48. The van der Waals surface area contributed by atoms with Crippen LogP contribution in [0, 0.1) is 18.6 Å². The number of benzene rings is 2. The summed E-state index contributed by atoms with van der Waals surface area (Å²) in [5, 5.41) is 3.28. The average molecular weight is 289 g/mol. The fraction of sp³-hybridized carbons (Fsp3) is 0.333. The molecule has 2 aromatic carbocycles. The van der Waals surface area contributed by atoms with E-state index in [0.29, 0.717) is 17.7 Å². The van der Waals surface area contributed by atoms with E-state index in [1.165, 1.54) is 12.1 Å². The summed E-state index contributed by atoms with van der Waals surface area (Å²) in [6, 6.07) is 12.2. The van der Waals surface area contributed by atoms with Gasteiger partial charge in [-0.05, 0) is 36.7 Å². The molecule has 1 nitrogen and oxygen atoms in total. The zero-order valence-electron chi connectivity index (χ0n) is 12.7. The first-order chi connectivity index (χ1) is 10.0. The van der Waals surface area contributed by atoms with Gasteiger partial charge in [0.2, 0.25) is 0 Å². The van der Waals surface area contributed by atoms with Crippen LogP contribution < -0.4 is 5.32 Å². The maximum absolute atomic E-state index is 14.3. The topological polar surface area (TPSA) is 12.0 Å². The Morgan fingerprint density at radius 1 is 1.05 bits per heavy atom. The van der Waals surface area contributed by atoms with E-state index in [9.17, 15) is 8.78 Å². The van der Waals surface area contributed by atoms with Crippen LogP contribution in [-0.2, 0) is 0 Å². The lowest BCUT2D eigenvalue weighted by atomic mass is 9.87. The van der Waals surface area contributed by atoms with Gasteiger partial charge < -0.3 is 5.32 Å². The van der Waals surface area contributed by atoms with Gasteiger partial charge in [0.15, 0.2) is 0 Å². The minimum absolute atomic E-state index is 0.0442. The molecule has 0 amide bonds. The third-order valence-corrected chi connectivity index (χ3v) is 3.86. The van der Waals surface area contributed by atoms with Gasteiger partial charge in [-0.3, -0.25) is 0 Å². The molecule has 21 heavy (non-hydrogen) atoms. The van der Waals surface area contributed by atoms with Crippen LogP contribution >= 0.6 is 0 Å². The zero-order valence-corrected chi connectivity index (χ0v) is 12.7. The van der Waals surface area contributed by atoms with Crippen molar-refractivity contribution in [2.75, 3.05) is 6.54 Å². The van der Waals surface area contributed by atoms with Crippen LogP contribution in [0.2, 0.25) is 0 Å². The Balaban J connectivity index is 2.42. The Morgan fingerprint density at radius 3 is 2.33 bits per heavy atom. The molecule has 0 saturated heterocycles. The van der Waals surface area contributed by atoms with E-state index < -0.39 is 0 Å². The van der Waals surface area contributed by atoms with Crippen molar-refractivity contribution in [2.45, 2.75) is 32.7 Å². The highest BCUT2D eigenvalue weighted by atomic mass is 19.1. The van der Waals surface area contributed by atoms with Crippen molar-refractivity contribution < 1.29 is 8.78 Å². The number of aryl methyl sites for hydroxylation is 1. The molecule has 2 atom stereocenters. The van der Waals surface area contributed by atoms with Gasteiger partial charge >= 0.3 is 0 Å². The van der Waals surface area contributed by atoms with Crippen molar-refractivity contribution in [3.8, 4) is 0 Å². The van der Waals surface area contributed by atoms with Gasteiger partial charge in [-0.15, -0.1) is 0 Å². The molecule has 0 aliphatic rings. The number of hydrogen-bond acceptors (Lipinski definition) is 1. The normalized spacial score (nSPS) is 14.0. The van der Waals surface area contributed by atoms with Gasteiger partial charge in [-0.2, -0.15) is 0 Å². The predicted octanol–water partition coefficient (Wildman–Crippen LogP) is 4.73. The van der Waals surface area contributed by atoms with Gasteiger partial charge in [0.1, 0.15) is 11.6 Å². The number of nitrogens with one attached hydrogen (secondary N) is 1. The Kier molecular flexibility index (Phi) is 5.07. The largest absolute Gasteiger partial charge is 0.310 e. The van der Waals surface area contributed by atoms with E-state index in [1.807, 2.05) is 44.2 Å². The fourth-order valence-corrected chi connectivity index (χ4v) is 2.63. The second kappa shape index (κ2) is 6.81. The Hall–Kier alpha value is -1.74. The van der Waals surface area contributed by atoms with E-state index in [1.54, 1.807) is 6.92 Å². The van der Waals surface area contributed by atoms with Crippen molar-refractivity contribution in [3.05, 3.63) is 70.8 Å². The summed E-state index contributed by atoms with van der Waals surface area (Å²) in [5.41, 5.74) is 1.82. The molecule has 2 aromatic rings. The van der Waals surface area contributed by atoms with Gasteiger partial charge in [-0.1, -0.05) is 44.2 Å². The minimum Gasteiger partial charge on any atom is -0.310 e. The van der Waals surface area contributed by atoms with Gasteiger partial charge in [0.25, 0.3) is 0 Å². The lowest BCUT2D eigenvalue weighted by molar-refractivity contribution is 0.451. The summed E-state index contributed by atoms with van der Waals surface area (Å²) in [5.74, 6) is -0.681. The number of halogens is 2. The highest BCUT2D eigenvalue weighted by Gasteiger charge is 2.23. The third-order valence-electron chi connectivity index (χ3n) is 3.86. The van der Waals surface area contributed by atoms with Crippen LogP contribution in [0.1, 0.15) is 42.5 Å². The van der Waals surface area contributed by atoms with Gasteiger partial charge in [0, 0.05) is 17.5 Å². The summed E-state index contributed by atoms with van der Waals surface area (Å²) in [7, 11) is 0. The first-order valence-electron chi connectivity index (χ1n) is 7.28. The molecule has 0 radical (unpaired) electrons. The van der Waals surface area contributed by atoms with Gasteiger partial charge in [-0.25, -0.2) is 8.78 Å². The van der Waals surface area contributed by atoms with Crippen LogP contribution in [0.4, 0.5) is 8.78 Å². The molecule has 0 heterocycles. The number of rotatable bonds is 5. The van der Waals surface area contributed by atoms with Crippen LogP contribution in [0.25, 0.3) is 0 Å². The predicted molar refractivity (Wildman–Crippen MR) is 82.4 cm³/mol. The molecule has 1 N–H and O–H groups in total. The molecule has 0 fully saturated rings. The zero-order chi connectivity index (χ0) is 15.4. The first kappa shape index (κ1) is 15.6. The Morgan fingerprint density at radius 2 is 1.71 bits per heavy atom. The monoisotopic (exact) mass is 289 g/mol. The smallest absolute Gasteiger partial charge is 0.128 e. The van der Waals surface area contributed by atoms with Gasteiger partial charge in [0.05, 0.1) is 0 Å². The fourth-order valence-electron chi connectivity index (χ4n) is 2.63. The SMILES string of the molecule is CCNC(c1cc(F)c(C)cc1F)C(C)c1ccccc1. The highest BCUT2D eigenvalue weighted by Crippen LogP contribution is 2.32. The quantitative estimate of drug-likeness (QED) is 0.839. The Labute approximate surface area is 125 Å². The van der Waals surface area contributed by atoms with Crippen LogP contribution in [0.15, 0.2) is 42.5 Å². The molecule has 0 aliphatic heterocycles. The molecule has 2 unspecified atom stereocenters. The molecule has 0 aromatic heterocycles. The molecular formula is C18H21F2N. The maximum atomic E-state index is 14.3. The summed E-state index contributed by atoms with van der Waals surface area (Å²) < 4.78 is 28.1. The molecule has 0 saturated carbocycles. The van der Waals surface area contributed by atoms with Crippen molar-refractivity contribution in [1.82, 2.24) is 5.32 Å². The average Bonchev–Trinajstić information content (AvgIpc) is 2.49. The molecular weight excluding hydrogens is 268 g/mol. The summed E-state index contributed by atoms with van der Waals surface area (Å²) in [6.45, 7) is 6.26. The van der Waals surface area contributed by atoms with Crippen molar-refractivity contribution in [3.63, 3.8) is 0 Å². The summed E-state index contributed by atoms with van der Waals surface area (Å²) in [4.78, 5) is 0. The molecule has 0 aliphatic carbocycles. The molecule has 112 valence electrons. The molecule has 2 rings (SSSR count). The number of hydrogen-bond donors (Lipinski definition) is 1. The van der Waals surface area contributed by atoms with E-state index in [0.717, 1.165) is 5.56 Å². The summed E-state index contributed by atoms with van der Waals surface area (Å²) >= 11 is 0. The van der Waals surface area contributed by atoms with E-state index in [-0.39, 0.29) is 23.6 Å². The first-order valence-corrected chi connectivity index (χ1v) is 7.28. The molecule has 3 heteroatoms. The van der Waals surface area contributed by atoms with E-state index in [4.69, 9.17) is 0 Å². The number of likely N-dealkylation sites (N-methyl/N-ethyl adjacent to an activating group) is 1. The second-order valence-corrected chi connectivity index (χ2v) is 5.36. The van der Waals surface area contributed by atoms with Crippen molar-refractivity contribution in [2.24, 2.45) is 0 Å². The van der Waals surface area contributed by atoms with Crippen LogP contribution in [0.5, 0.6) is 0 Å². The molecule has 0 spiro atoms. The van der Waals surface area contributed by atoms with Crippen molar-refractivity contribution in [1.29, 1.82) is 0 Å². The summed E-state index contributed by atoms with van der Waals surface area (Å²) in [6.07, 6.45) is 0. The lowest BCUT2D eigenvalue weighted by Crippen LogP contribution is -2.27. The highest BCUT2D eigenvalue weighted by molar-refractivity contribution is 5.31. The van der Waals surface area contributed by atoms with E-state index in [2.05, 4.69) is 5.32 Å². The lowest BCUT2D eigenvalue weighted by Gasteiger charge is -2.26. The second-order valence-electron chi connectivity index (χ2n) is 5.36. The van der Waals surface area contributed by atoms with Crippen LogP contribution in [0.3, 0.4) is 0 Å². The van der Waals surface area contributed by atoms with Crippen molar-refractivity contribution >= 4 is 0 Å². The maximum Gasteiger partial charge on any atom is 0.128 e. The minimum atomic E-state index is -0.366. The Bertz CT molecular complexity index is 596. The standard InChI is InChI=1S/C18H21F2N/c1-4-21-18(13(3)14-8-6-5-7-9-14)15-11-16(19)12(2)10-17(15)20/h5-11,13,18,21H,4H2,1-3H3. The molecule has 0 bridgehead atoms. The van der Waals surface area contributed by atoms with Crippen LogP contribution in [-0.4, -0.2) is 6.54 Å². The van der Waals surface area contributed by atoms with E-state index >= 15 is 0 Å².